The zero-order valence-electron chi connectivity index (χ0n) is 9.26. The standard InChI is InChI=1S/C12H9ClFN3O/c13-8-3-9(14)10(6-4-16-17-5-6)11-7(8)1-2-15-12(11)18/h3-5H,1-2H2,(H,15,18)(H,16,17). The average Bonchev–Trinajstić information content (AvgIpc) is 2.84. The summed E-state index contributed by atoms with van der Waals surface area (Å²) < 4.78 is 14.1. The Kier molecular flexibility index (Phi) is 2.56. The molecule has 0 saturated carbocycles. The summed E-state index contributed by atoms with van der Waals surface area (Å²) in [6, 6.07) is 1.25. The second kappa shape index (κ2) is 4.10. The number of carbonyl (C=O) groups excluding carboxylic acids is 1. The number of hydrogen-bond donors (Lipinski definition) is 2. The van der Waals surface area contributed by atoms with Gasteiger partial charge in [-0.15, -0.1) is 0 Å². The van der Waals surface area contributed by atoms with Crippen LogP contribution in [0.25, 0.3) is 11.1 Å². The van der Waals surface area contributed by atoms with E-state index in [2.05, 4.69) is 15.5 Å². The Morgan fingerprint density at radius 2 is 2.22 bits per heavy atom. The largest absolute Gasteiger partial charge is 0.352 e. The van der Waals surface area contributed by atoms with Crippen LogP contribution in [0.3, 0.4) is 0 Å². The Morgan fingerprint density at radius 3 is 2.94 bits per heavy atom. The molecule has 18 heavy (non-hydrogen) atoms. The summed E-state index contributed by atoms with van der Waals surface area (Å²) in [5, 5.41) is 9.39. The lowest BCUT2D eigenvalue weighted by atomic mass is 9.92. The van der Waals surface area contributed by atoms with E-state index in [0.717, 1.165) is 0 Å². The minimum absolute atomic E-state index is 0.250. The van der Waals surface area contributed by atoms with Crippen molar-refractivity contribution >= 4 is 17.5 Å². The van der Waals surface area contributed by atoms with Gasteiger partial charge >= 0.3 is 0 Å². The molecule has 2 heterocycles. The Bertz CT molecular complexity index is 625. The topological polar surface area (TPSA) is 57.8 Å². The van der Waals surface area contributed by atoms with Crippen molar-refractivity contribution in [2.45, 2.75) is 6.42 Å². The van der Waals surface area contributed by atoms with E-state index in [9.17, 15) is 9.18 Å². The van der Waals surface area contributed by atoms with Gasteiger partial charge in [-0.3, -0.25) is 9.89 Å². The van der Waals surface area contributed by atoms with E-state index in [4.69, 9.17) is 11.6 Å². The highest BCUT2D eigenvalue weighted by molar-refractivity contribution is 6.32. The molecule has 0 bridgehead atoms. The van der Waals surface area contributed by atoms with Crippen LogP contribution >= 0.6 is 11.6 Å². The maximum absolute atomic E-state index is 14.1. The lowest BCUT2D eigenvalue weighted by molar-refractivity contribution is 0.0946. The molecule has 0 aliphatic carbocycles. The second-order valence-corrected chi connectivity index (χ2v) is 4.47. The lowest BCUT2D eigenvalue weighted by Gasteiger charge is -2.20. The number of nitrogens with zero attached hydrogens (tertiary/aromatic N) is 1. The fraction of sp³-hybridized carbons (Fsp3) is 0.167. The van der Waals surface area contributed by atoms with Crippen molar-refractivity contribution in [3.63, 3.8) is 0 Å². The van der Waals surface area contributed by atoms with E-state index in [1.54, 1.807) is 6.20 Å². The highest BCUT2D eigenvalue weighted by Crippen LogP contribution is 2.34. The van der Waals surface area contributed by atoms with E-state index in [1.807, 2.05) is 0 Å². The van der Waals surface area contributed by atoms with E-state index in [-0.39, 0.29) is 11.5 Å². The number of nitrogens with one attached hydrogen (secondary N) is 2. The smallest absolute Gasteiger partial charge is 0.252 e. The highest BCUT2D eigenvalue weighted by atomic mass is 35.5. The third-order valence-electron chi connectivity index (χ3n) is 3.01. The van der Waals surface area contributed by atoms with E-state index in [0.29, 0.717) is 34.7 Å². The molecule has 0 fully saturated rings. The van der Waals surface area contributed by atoms with Gasteiger partial charge in [-0.25, -0.2) is 4.39 Å². The van der Waals surface area contributed by atoms with Crippen molar-refractivity contribution in [1.29, 1.82) is 0 Å². The number of fused-ring (bicyclic) bond motifs is 1. The summed E-state index contributed by atoms with van der Waals surface area (Å²) in [5.41, 5.74) is 1.79. The number of hydrogen-bond acceptors (Lipinski definition) is 2. The lowest BCUT2D eigenvalue weighted by Crippen LogP contribution is -2.33. The first-order chi connectivity index (χ1) is 8.68. The molecule has 4 nitrogen and oxygen atoms in total. The van der Waals surface area contributed by atoms with Crippen molar-refractivity contribution in [3.8, 4) is 11.1 Å². The maximum atomic E-state index is 14.1. The predicted molar refractivity (Wildman–Crippen MR) is 65.0 cm³/mol. The van der Waals surface area contributed by atoms with E-state index < -0.39 is 5.82 Å². The SMILES string of the molecule is O=C1NCCc2c(Cl)cc(F)c(-c3cn[nH]c3)c21. The first-order valence-electron chi connectivity index (χ1n) is 5.46. The second-order valence-electron chi connectivity index (χ2n) is 4.06. The van der Waals surface area contributed by atoms with Gasteiger partial charge in [-0.2, -0.15) is 5.10 Å². The van der Waals surface area contributed by atoms with Crippen LogP contribution in [0.4, 0.5) is 4.39 Å². The van der Waals surface area contributed by atoms with Gasteiger partial charge in [-0.1, -0.05) is 11.6 Å². The van der Waals surface area contributed by atoms with Crippen molar-refractivity contribution in [2.24, 2.45) is 0 Å². The number of halogens is 2. The van der Waals surface area contributed by atoms with Gasteiger partial charge in [0.15, 0.2) is 0 Å². The Morgan fingerprint density at radius 1 is 1.39 bits per heavy atom. The molecule has 2 N–H and O–H groups in total. The van der Waals surface area contributed by atoms with Crippen molar-refractivity contribution < 1.29 is 9.18 Å². The average molecular weight is 266 g/mol. The van der Waals surface area contributed by atoms with Gasteiger partial charge in [0.05, 0.1) is 11.8 Å². The number of benzene rings is 1. The van der Waals surface area contributed by atoms with Crippen LogP contribution in [0.2, 0.25) is 5.02 Å². The van der Waals surface area contributed by atoms with Crippen molar-refractivity contribution in [1.82, 2.24) is 15.5 Å². The summed E-state index contributed by atoms with van der Waals surface area (Å²) in [4.78, 5) is 11.9. The number of aromatic nitrogens is 2. The molecule has 2 aromatic rings. The Hall–Kier alpha value is -1.88. The van der Waals surface area contributed by atoms with Gasteiger partial charge in [0, 0.05) is 28.9 Å². The molecule has 1 aromatic heterocycles. The van der Waals surface area contributed by atoms with Crippen molar-refractivity contribution in [2.75, 3.05) is 6.54 Å². The minimum atomic E-state index is -0.516. The fourth-order valence-corrected chi connectivity index (χ4v) is 2.50. The molecule has 3 rings (SSSR count). The highest BCUT2D eigenvalue weighted by Gasteiger charge is 2.26. The Labute approximate surface area is 107 Å². The molecule has 0 unspecified atom stereocenters. The van der Waals surface area contributed by atoms with Crippen LogP contribution in [0.5, 0.6) is 0 Å². The quantitative estimate of drug-likeness (QED) is 0.830. The molecule has 0 spiro atoms. The third-order valence-corrected chi connectivity index (χ3v) is 3.34. The van der Waals surface area contributed by atoms with Gasteiger partial charge in [0.1, 0.15) is 5.82 Å². The zero-order valence-corrected chi connectivity index (χ0v) is 10.0. The number of amides is 1. The fourth-order valence-electron chi connectivity index (χ4n) is 2.21. The molecule has 0 atom stereocenters. The van der Waals surface area contributed by atoms with Crippen LogP contribution in [0.1, 0.15) is 15.9 Å². The molecule has 6 heteroatoms. The molecular weight excluding hydrogens is 257 g/mol. The summed E-state index contributed by atoms with van der Waals surface area (Å²) in [6.45, 7) is 0.516. The molecule has 1 amide bonds. The van der Waals surface area contributed by atoms with Gasteiger partial charge in [-0.05, 0) is 18.1 Å². The molecule has 92 valence electrons. The van der Waals surface area contributed by atoms with Crippen LogP contribution in [-0.4, -0.2) is 22.6 Å². The summed E-state index contributed by atoms with van der Waals surface area (Å²) in [6.07, 6.45) is 3.63. The number of aromatic amines is 1. The first kappa shape index (κ1) is 11.2. The van der Waals surface area contributed by atoms with Gasteiger partial charge < -0.3 is 5.32 Å². The molecule has 0 radical (unpaired) electrons. The molecule has 1 aromatic carbocycles. The van der Waals surface area contributed by atoms with Crippen LogP contribution in [0, 0.1) is 5.82 Å². The van der Waals surface area contributed by atoms with Crippen LogP contribution < -0.4 is 5.32 Å². The van der Waals surface area contributed by atoms with Gasteiger partial charge in [0.25, 0.3) is 5.91 Å². The van der Waals surface area contributed by atoms with E-state index >= 15 is 0 Å². The summed E-state index contributed by atoms with van der Waals surface area (Å²) in [5.74, 6) is -0.814. The number of rotatable bonds is 1. The molecule has 0 saturated heterocycles. The Balaban J connectivity index is 2.34. The molecule has 1 aliphatic rings. The monoisotopic (exact) mass is 265 g/mol. The number of carbonyl (C=O) groups is 1. The summed E-state index contributed by atoms with van der Waals surface area (Å²) in [7, 11) is 0. The first-order valence-corrected chi connectivity index (χ1v) is 5.84. The summed E-state index contributed by atoms with van der Waals surface area (Å²) >= 11 is 6.00. The zero-order chi connectivity index (χ0) is 12.7. The van der Waals surface area contributed by atoms with Crippen LogP contribution in [0.15, 0.2) is 18.5 Å². The third kappa shape index (κ3) is 1.59. The number of H-pyrrole nitrogens is 1. The van der Waals surface area contributed by atoms with E-state index in [1.165, 1.54) is 12.3 Å². The minimum Gasteiger partial charge on any atom is -0.352 e. The van der Waals surface area contributed by atoms with Crippen LogP contribution in [-0.2, 0) is 6.42 Å². The predicted octanol–water partition coefficient (Wildman–Crippen LogP) is 2.16. The molecular formula is C12H9ClFN3O. The molecule has 1 aliphatic heterocycles. The maximum Gasteiger partial charge on any atom is 0.252 e. The van der Waals surface area contributed by atoms with Gasteiger partial charge in [0.2, 0.25) is 0 Å². The van der Waals surface area contributed by atoms with Crippen molar-refractivity contribution in [3.05, 3.63) is 40.4 Å². The normalized spacial score (nSPS) is 14.2.